The maximum Gasteiger partial charge on any atom is 0.339 e. The second kappa shape index (κ2) is 27.5. The van der Waals surface area contributed by atoms with Crippen molar-refractivity contribution in [1.82, 2.24) is 5.32 Å². The zero-order chi connectivity index (χ0) is 56.8. The largest absolute Gasteiger partial charge is 0.508 e. The number of benzene rings is 4. The number of ketones is 1. The first-order valence-corrected chi connectivity index (χ1v) is 28.0. The second-order valence-electron chi connectivity index (χ2n) is 21.3. The van der Waals surface area contributed by atoms with Crippen molar-refractivity contribution < 1.29 is 72.5 Å². The van der Waals surface area contributed by atoms with Gasteiger partial charge in [0.15, 0.2) is 17.1 Å². The molecule has 7 N–H and O–H groups in total. The summed E-state index contributed by atoms with van der Waals surface area (Å²) in [5.41, 5.74) is -4.37. The number of carbonyl (C=O) groups excluding carboxylic acids is 3. The van der Waals surface area contributed by atoms with Crippen molar-refractivity contribution in [2.24, 2.45) is 28.6 Å². The number of thioether (sulfide) groups is 1. The minimum Gasteiger partial charge on any atom is -0.508 e. The Morgan fingerprint density at radius 3 is 2.28 bits per heavy atom. The molecular weight excluding hydrogens is 1030 g/mol. The van der Waals surface area contributed by atoms with E-state index in [0.717, 1.165) is 69.7 Å². The highest BCUT2D eigenvalue weighted by molar-refractivity contribution is 8.13. The van der Waals surface area contributed by atoms with Crippen molar-refractivity contribution in [3.8, 4) is 11.5 Å². The summed E-state index contributed by atoms with van der Waals surface area (Å²) in [5.74, 6) is -4.53. The van der Waals surface area contributed by atoms with Crippen molar-refractivity contribution >= 4 is 45.4 Å². The van der Waals surface area contributed by atoms with Gasteiger partial charge >= 0.3 is 11.9 Å². The monoisotopic (exact) mass is 1100 g/mol. The maximum absolute atomic E-state index is 17.2. The van der Waals surface area contributed by atoms with Gasteiger partial charge in [-0.15, -0.1) is 0 Å². The number of aromatic carboxylic acids is 1. The van der Waals surface area contributed by atoms with Crippen LogP contribution in [0.3, 0.4) is 0 Å². The minimum atomic E-state index is -2.30. The van der Waals surface area contributed by atoms with Crippen LogP contribution < -0.4 is 5.32 Å². The van der Waals surface area contributed by atoms with Crippen LogP contribution in [0.2, 0.25) is 0 Å². The van der Waals surface area contributed by atoms with E-state index in [1.54, 1.807) is 51.1 Å². The predicted octanol–water partition coefficient (Wildman–Crippen LogP) is 10.8. The number of aromatic hydroxyl groups is 2. The molecule has 0 saturated heterocycles. The Kier molecular flexibility index (Phi) is 21.8. The Morgan fingerprint density at radius 2 is 1.59 bits per heavy atom. The van der Waals surface area contributed by atoms with E-state index in [4.69, 9.17) is 14.6 Å². The lowest BCUT2D eigenvalue weighted by Crippen LogP contribution is -2.70. The van der Waals surface area contributed by atoms with Gasteiger partial charge in [-0.1, -0.05) is 106 Å². The molecular formula is C61H76F3NO12S. The third kappa shape index (κ3) is 13.2. The molecule has 13 nitrogen and oxygen atoms in total. The standard InChI is InChI=1S/C25H31F3O5S.C25H37NO4.C11H8O3/c1-5-20(31)33-25(21(32)34-12-26)13(2)8-15-16-10-18(27)17-9-14(29)6-7-22(17,3)24(16,28)19(30)11-23(15,25)4;27-20-23-18-22(13-14-24(23)28)25(29)19-26-15-7-1-2-8-16-30-17-9-6-12-21-10-4-3-5-11-21;12-10-8-4-2-1-3-7(8)5-6-9(10)11(13)14/h6-7,9,13,15-16,18-19,30H,5,8,10-12H2,1-4H3;3-5,10-11,13-14,18,25-29H,1-2,6-9,12,15-17,19-20H2;1-6,12H,(H,13,14)/t13-,15+,16+,18+,19+,22+,23+,24+,25+;25-;/m10./s1. The van der Waals surface area contributed by atoms with Crippen LogP contribution >= 0.6 is 11.8 Å². The number of carboxylic acid groups (broad SMARTS) is 1. The predicted molar refractivity (Wildman–Crippen MR) is 294 cm³/mol. The van der Waals surface area contributed by atoms with Gasteiger partial charge in [0.25, 0.3) is 0 Å². The normalized spacial score (nSPS) is 27.2. The number of allylic oxidation sites excluding steroid dienone is 4. The molecule has 0 bridgehead atoms. The first-order chi connectivity index (χ1) is 37.2. The average Bonchev–Trinajstić information content (AvgIpc) is 2.46. The van der Waals surface area contributed by atoms with Gasteiger partial charge in [-0.05, 0) is 135 Å². The number of phenols is 2. The Labute approximate surface area is 459 Å². The summed E-state index contributed by atoms with van der Waals surface area (Å²) in [6.07, 6.45) is 7.40. The van der Waals surface area contributed by atoms with Gasteiger partial charge < -0.3 is 45.4 Å². The van der Waals surface area contributed by atoms with Crippen molar-refractivity contribution in [3.05, 3.63) is 131 Å². The van der Waals surface area contributed by atoms with E-state index in [9.17, 15) is 49.1 Å². The van der Waals surface area contributed by atoms with Crippen LogP contribution in [-0.4, -0.2) is 109 Å². The van der Waals surface area contributed by atoms with Crippen LogP contribution in [0, 0.1) is 28.6 Å². The number of fused-ring (bicyclic) bond motifs is 6. The van der Waals surface area contributed by atoms with Crippen molar-refractivity contribution in [3.63, 3.8) is 0 Å². The smallest absolute Gasteiger partial charge is 0.339 e. The Bertz CT molecular complexity index is 2760. The summed E-state index contributed by atoms with van der Waals surface area (Å²) in [6, 6.07) is 24.6. The van der Waals surface area contributed by atoms with Gasteiger partial charge in [-0.25, -0.2) is 18.0 Å². The lowest BCUT2D eigenvalue weighted by molar-refractivity contribution is -0.228. The Morgan fingerprint density at radius 1 is 0.897 bits per heavy atom. The van der Waals surface area contributed by atoms with Crippen LogP contribution in [0.1, 0.15) is 125 Å². The SMILES string of the molecule is CCC(=O)O[C@]1(C(=O)SCF)[C@H](C)C[C@H]2[C@@H]3C[C@H](F)C4=CC(=O)C=C[C@]4(C)[C@@]3(F)[C@@H](O)C[C@@]21C.O=C(O)c1ccc2ccccc2c1O.OCc1cc([C@@H](O)CNCCCCCCOCCCCc2ccccc2)ccc1O. The van der Waals surface area contributed by atoms with Crippen molar-refractivity contribution in [2.45, 2.75) is 135 Å². The molecule has 0 amide bonds. The number of aliphatic hydroxyl groups excluding tert-OH is 3. The topological polar surface area (TPSA) is 220 Å². The molecule has 4 aliphatic carbocycles. The molecule has 0 heterocycles. The van der Waals surface area contributed by atoms with Crippen LogP contribution in [0.4, 0.5) is 13.2 Å². The first kappa shape index (κ1) is 61.6. The molecule has 0 radical (unpaired) electrons. The van der Waals surface area contributed by atoms with E-state index in [0.29, 0.717) is 34.8 Å². The number of aliphatic hydroxyl groups is 3. The molecule has 0 aromatic heterocycles. The molecule has 0 spiro atoms. The third-order valence-corrected chi connectivity index (χ3v) is 17.3. The Balaban J connectivity index is 0.000000204. The van der Waals surface area contributed by atoms with Crippen LogP contribution in [0.5, 0.6) is 11.5 Å². The molecule has 3 fully saturated rings. The molecule has 78 heavy (non-hydrogen) atoms. The molecule has 0 aliphatic heterocycles. The van der Waals surface area contributed by atoms with Crippen LogP contribution in [0.15, 0.2) is 109 Å². The fourth-order valence-corrected chi connectivity index (χ4v) is 13.2. The number of hydrogen-bond acceptors (Lipinski definition) is 13. The number of carbonyl (C=O) groups is 4. The van der Waals surface area contributed by atoms with Crippen molar-refractivity contribution in [1.29, 1.82) is 0 Å². The van der Waals surface area contributed by atoms with Gasteiger partial charge in [0, 0.05) is 59.8 Å². The van der Waals surface area contributed by atoms with Gasteiger partial charge in [0.1, 0.15) is 29.2 Å². The summed E-state index contributed by atoms with van der Waals surface area (Å²) < 4.78 is 57.6. The number of esters is 1. The lowest BCUT2D eigenvalue weighted by atomic mass is 9.44. The number of nitrogens with one attached hydrogen (secondary N) is 1. The van der Waals surface area contributed by atoms with Gasteiger partial charge in [-0.2, -0.15) is 0 Å². The van der Waals surface area contributed by atoms with Gasteiger partial charge in [-0.3, -0.25) is 14.4 Å². The summed E-state index contributed by atoms with van der Waals surface area (Å²) in [5, 5.41) is 62.8. The third-order valence-electron chi connectivity index (χ3n) is 16.6. The molecule has 10 atom stereocenters. The highest BCUT2D eigenvalue weighted by Crippen LogP contribution is 2.72. The van der Waals surface area contributed by atoms with E-state index in [1.165, 1.54) is 43.2 Å². The number of alkyl halides is 3. The van der Waals surface area contributed by atoms with Crippen molar-refractivity contribution in [2.75, 3.05) is 32.3 Å². The zero-order valence-electron chi connectivity index (χ0n) is 45.0. The highest BCUT2D eigenvalue weighted by atomic mass is 32.2. The molecule has 424 valence electrons. The number of ether oxygens (including phenoxy) is 2. The molecule has 0 unspecified atom stereocenters. The van der Waals surface area contributed by atoms with E-state index in [-0.39, 0.29) is 54.9 Å². The van der Waals surface area contributed by atoms with E-state index >= 15 is 8.78 Å². The number of hydrogen-bond donors (Lipinski definition) is 7. The number of halogens is 3. The molecule has 4 aromatic rings. The van der Waals surface area contributed by atoms with E-state index in [2.05, 4.69) is 35.6 Å². The summed E-state index contributed by atoms with van der Waals surface area (Å²) in [6.45, 7) is 9.22. The van der Waals surface area contributed by atoms with Gasteiger partial charge in [0.2, 0.25) is 5.12 Å². The Hall–Kier alpha value is -5.56. The van der Waals surface area contributed by atoms with Crippen LogP contribution in [-0.2, 0) is 36.9 Å². The number of carboxylic acids is 1. The van der Waals surface area contributed by atoms with E-state index in [1.807, 2.05) is 12.1 Å². The van der Waals surface area contributed by atoms with Gasteiger partial charge in [0.05, 0.1) is 18.8 Å². The number of unbranched alkanes of at least 4 members (excludes halogenated alkanes) is 4. The quantitative estimate of drug-likeness (QED) is 0.0305. The highest BCUT2D eigenvalue weighted by Gasteiger charge is 2.78. The summed E-state index contributed by atoms with van der Waals surface area (Å²) >= 11 is 0.396. The average molecular weight is 1100 g/mol. The lowest BCUT2D eigenvalue weighted by Gasteiger charge is -2.63. The fourth-order valence-electron chi connectivity index (χ4n) is 12.4. The molecule has 4 aliphatic rings. The summed E-state index contributed by atoms with van der Waals surface area (Å²) in [4.78, 5) is 48.5. The molecule has 4 aromatic carbocycles. The molecule has 17 heteroatoms. The molecule has 3 saturated carbocycles. The molecule has 8 rings (SSSR count). The fraction of sp³-hybridized carbons (Fsp3) is 0.508. The number of aryl methyl sites for hydroxylation is 1. The zero-order valence-corrected chi connectivity index (χ0v) is 45.8. The number of rotatable bonds is 21. The summed E-state index contributed by atoms with van der Waals surface area (Å²) in [7, 11) is 0. The maximum atomic E-state index is 17.2. The first-order valence-electron chi connectivity index (χ1n) is 27.0. The second-order valence-corrected chi connectivity index (χ2v) is 22.2. The van der Waals surface area contributed by atoms with Crippen LogP contribution in [0.25, 0.3) is 10.8 Å². The minimum absolute atomic E-state index is 0.0141. The van der Waals surface area contributed by atoms with E-state index < -0.39 is 87.1 Å².